The van der Waals surface area contributed by atoms with Gasteiger partial charge in [0.15, 0.2) is 11.5 Å². The van der Waals surface area contributed by atoms with E-state index in [1.54, 1.807) is 56.8 Å². The molecule has 7 nitrogen and oxygen atoms in total. The number of hydrogen-bond donors (Lipinski definition) is 3. The summed E-state index contributed by atoms with van der Waals surface area (Å²) in [5.74, 6) is 0.847. The van der Waals surface area contributed by atoms with Crippen LogP contribution in [0.4, 0.5) is 17.1 Å². The van der Waals surface area contributed by atoms with Gasteiger partial charge in [-0.05, 0) is 43.3 Å². The molecule has 4 aromatic rings. The maximum atomic E-state index is 12.4. The molecule has 0 bridgehead atoms. The maximum absolute atomic E-state index is 12.4. The quantitative estimate of drug-likeness (QED) is 0.317. The Balaban J connectivity index is 0.00000306. The van der Waals surface area contributed by atoms with Gasteiger partial charge in [-0.1, -0.05) is 17.7 Å². The molecule has 0 spiro atoms. The summed E-state index contributed by atoms with van der Waals surface area (Å²) in [7, 11) is 3.16. The van der Waals surface area contributed by atoms with Crippen LogP contribution in [0.1, 0.15) is 15.9 Å². The Morgan fingerprint density at radius 2 is 1.61 bits per heavy atom. The van der Waals surface area contributed by atoms with Gasteiger partial charge in [0.25, 0.3) is 5.91 Å². The first-order chi connectivity index (χ1) is 15.5. The summed E-state index contributed by atoms with van der Waals surface area (Å²) in [6, 6.07) is 17.7. The van der Waals surface area contributed by atoms with Gasteiger partial charge in [0.1, 0.15) is 5.75 Å². The summed E-state index contributed by atoms with van der Waals surface area (Å²) in [6.45, 7) is 1.96. The molecule has 0 fully saturated rings. The number of amides is 1. The Morgan fingerprint density at radius 1 is 0.909 bits per heavy atom. The lowest BCUT2D eigenvalue weighted by molar-refractivity contribution is 0.102. The number of rotatable bonds is 6. The van der Waals surface area contributed by atoms with Crippen molar-refractivity contribution in [3.63, 3.8) is 0 Å². The molecule has 3 N–H and O–H groups in total. The average Bonchev–Trinajstić information content (AvgIpc) is 2.80. The monoisotopic (exact) mass is 465 g/mol. The first kappa shape index (κ1) is 23.7. The van der Waals surface area contributed by atoms with E-state index >= 15 is 0 Å². The lowest BCUT2D eigenvalue weighted by Gasteiger charge is -2.14. The van der Waals surface area contributed by atoms with Crippen LogP contribution in [0.5, 0.6) is 17.2 Å². The lowest BCUT2D eigenvalue weighted by Crippen LogP contribution is -2.11. The van der Waals surface area contributed by atoms with Gasteiger partial charge >= 0.3 is 0 Å². The molecule has 1 heterocycles. The number of aromatic hydroxyl groups is 1. The summed E-state index contributed by atoms with van der Waals surface area (Å²) < 4.78 is 10.8. The molecule has 0 aliphatic rings. The molecule has 8 heteroatoms. The number of methoxy groups -OCH3 is 2. The third-order valence-corrected chi connectivity index (χ3v) is 5.09. The first-order valence-corrected chi connectivity index (χ1v) is 9.97. The molecule has 0 aliphatic heterocycles. The number of carbonyl (C=O) groups is 1. The Morgan fingerprint density at radius 3 is 2.27 bits per heavy atom. The van der Waals surface area contributed by atoms with Gasteiger partial charge in [-0.25, -0.2) is 0 Å². The molecule has 33 heavy (non-hydrogen) atoms. The van der Waals surface area contributed by atoms with E-state index in [1.807, 2.05) is 31.2 Å². The fraction of sp³-hybridized carbons (Fsp3) is 0.120. The number of anilines is 3. The summed E-state index contributed by atoms with van der Waals surface area (Å²) >= 11 is 0. The highest BCUT2D eigenvalue weighted by Gasteiger charge is 2.12. The zero-order chi connectivity index (χ0) is 22.7. The van der Waals surface area contributed by atoms with E-state index in [1.165, 1.54) is 0 Å². The van der Waals surface area contributed by atoms with Gasteiger partial charge in [-0.2, -0.15) is 0 Å². The molecule has 1 aromatic heterocycles. The number of phenolic OH excluding ortho intramolecular Hbond substituents is 1. The van der Waals surface area contributed by atoms with Crippen LogP contribution in [0.2, 0.25) is 0 Å². The molecule has 0 atom stereocenters. The van der Waals surface area contributed by atoms with Crippen LogP contribution < -0.4 is 20.1 Å². The molecule has 1 amide bonds. The number of nitrogens with zero attached hydrogens (tertiary/aromatic N) is 1. The zero-order valence-corrected chi connectivity index (χ0v) is 19.2. The summed E-state index contributed by atoms with van der Waals surface area (Å²) in [4.78, 5) is 16.8. The van der Waals surface area contributed by atoms with E-state index in [0.29, 0.717) is 28.4 Å². The molecule has 0 unspecified atom stereocenters. The number of fused-ring (bicyclic) bond motifs is 1. The average molecular weight is 466 g/mol. The largest absolute Gasteiger partial charge is 0.506 e. The normalized spacial score (nSPS) is 10.3. The van der Waals surface area contributed by atoms with E-state index in [9.17, 15) is 9.90 Å². The van der Waals surface area contributed by atoms with Crippen molar-refractivity contribution >= 4 is 46.3 Å². The fourth-order valence-electron chi connectivity index (χ4n) is 3.35. The lowest BCUT2D eigenvalue weighted by atomic mass is 10.1. The van der Waals surface area contributed by atoms with E-state index in [0.717, 1.165) is 22.2 Å². The second-order valence-corrected chi connectivity index (χ2v) is 7.26. The Bertz CT molecular complexity index is 1290. The minimum Gasteiger partial charge on any atom is -0.506 e. The van der Waals surface area contributed by atoms with Crippen molar-refractivity contribution in [2.24, 2.45) is 0 Å². The van der Waals surface area contributed by atoms with Crippen LogP contribution >= 0.6 is 12.4 Å². The minimum atomic E-state index is -0.290. The topological polar surface area (TPSA) is 92.7 Å². The second kappa shape index (κ2) is 10.1. The number of halogens is 1. The number of aryl methyl sites for hydroxylation is 1. The van der Waals surface area contributed by atoms with Crippen molar-refractivity contribution in [1.29, 1.82) is 0 Å². The number of pyridine rings is 1. The molecule has 0 radical (unpaired) electrons. The second-order valence-electron chi connectivity index (χ2n) is 7.26. The first-order valence-electron chi connectivity index (χ1n) is 9.97. The number of carbonyl (C=O) groups excluding carboxylic acids is 1. The van der Waals surface area contributed by atoms with E-state index < -0.39 is 0 Å². The highest BCUT2D eigenvalue weighted by atomic mass is 35.5. The Labute approximate surface area is 197 Å². The van der Waals surface area contributed by atoms with Crippen LogP contribution in [-0.2, 0) is 0 Å². The predicted octanol–water partition coefficient (Wildman–Crippen LogP) is 5.68. The fourth-order valence-corrected chi connectivity index (χ4v) is 3.35. The van der Waals surface area contributed by atoms with Crippen molar-refractivity contribution in [1.82, 2.24) is 4.98 Å². The van der Waals surface area contributed by atoms with Gasteiger partial charge in [-0.3, -0.25) is 9.78 Å². The number of phenols is 1. The standard InChI is InChI=1S/C25H23N3O4.ClH/c1-15-4-6-16(7-5-15)25(30)28-20-9-8-17(12-22(20)29)27-19-10-11-26-21-14-24(32-3)23(31-2)13-18(19)21;/h4-14,29H,1-3H3,(H,26,27)(H,28,30);1H. The van der Waals surface area contributed by atoms with Crippen molar-refractivity contribution < 1.29 is 19.4 Å². The maximum Gasteiger partial charge on any atom is 0.255 e. The van der Waals surface area contributed by atoms with Gasteiger partial charge in [0.2, 0.25) is 0 Å². The van der Waals surface area contributed by atoms with Crippen LogP contribution in [-0.4, -0.2) is 30.2 Å². The SMILES string of the molecule is COc1cc2nccc(Nc3ccc(NC(=O)c4ccc(C)cc4)c(O)c3)c2cc1OC.Cl. The third-order valence-electron chi connectivity index (χ3n) is 5.09. The summed E-state index contributed by atoms with van der Waals surface area (Å²) in [6.07, 6.45) is 1.69. The van der Waals surface area contributed by atoms with Crippen molar-refractivity contribution in [3.05, 3.63) is 78.0 Å². The molecule has 0 saturated carbocycles. The molecule has 0 saturated heterocycles. The molecule has 4 rings (SSSR count). The number of aromatic nitrogens is 1. The summed E-state index contributed by atoms with van der Waals surface area (Å²) in [5, 5.41) is 17.3. The Kier molecular flexibility index (Phi) is 7.25. The van der Waals surface area contributed by atoms with Crippen LogP contribution in [0.15, 0.2) is 66.9 Å². The van der Waals surface area contributed by atoms with Crippen molar-refractivity contribution in [2.75, 3.05) is 24.9 Å². The van der Waals surface area contributed by atoms with Crippen molar-refractivity contribution in [2.45, 2.75) is 6.92 Å². The van der Waals surface area contributed by atoms with Gasteiger partial charge < -0.3 is 25.2 Å². The molecule has 0 aliphatic carbocycles. The number of nitrogens with one attached hydrogen (secondary N) is 2. The molecular formula is C25H24ClN3O4. The Hall–Kier alpha value is -3.97. The van der Waals surface area contributed by atoms with Gasteiger partial charge in [0.05, 0.1) is 25.4 Å². The predicted molar refractivity (Wildman–Crippen MR) is 133 cm³/mol. The highest BCUT2D eigenvalue weighted by molar-refractivity contribution is 6.05. The highest BCUT2D eigenvalue weighted by Crippen LogP contribution is 2.36. The number of benzene rings is 3. The summed E-state index contributed by atoms with van der Waals surface area (Å²) in [5.41, 5.74) is 4.08. The van der Waals surface area contributed by atoms with E-state index in [4.69, 9.17) is 9.47 Å². The zero-order valence-electron chi connectivity index (χ0n) is 18.4. The van der Waals surface area contributed by atoms with Crippen LogP contribution in [0, 0.1) is 6.92 Å². The van der Waals surface area contributed by atoms with Crippen LogP contribution in [0.25, 0.3) is 10.9 Å². The molecule has 170 valence electrons. The smallest absolute Gasteiger partial charge is 0.255 e. The van der Waals surface area contributed by atoms with E-state index in [-0.39, 0.29) is 24.1 Å². The molecule has 3 aromatic carbocycles. The third kappa shape index (κ3) is 5.10. The number of hydrogen-bond acceptors (Lipinski definition) is 6. The van der Waals surface area contributed by atoms with Crippen LogP contribution in [0.3, 0.4) is 0 Å². The van der Waals surface area contributed by atoms with Gasteiger partial charge in [-0.15, -0.1) is 12.4 Å². The van der Waals surface area contributed by atoms with Gasteiger partial charge in [0, 0.05) is 40.7 Å². The molecular weight excluding hydrogens is 442 g/mol. The van der Waals surface area contributed by atoms with E-state index in [2.05, 4.69) is 15.6 Å². The van der Waals surface area contributed by atoms with Crippen molar-refractivity contribution in [3.8, 4) is 17.2 Å². The number of ether oxygens (including phenoxy) is 2. The minimum absolute atomic E-state index is 0.